The molecule has 1 aliphatic rings. The Kier molecular flexibility index (Phi) is 10.6. The summed E-state index contributed by atoms with van der Waals surface area (Å²) in [6.45, 7) is 4.04. The van der Waals surface area contributed by atoms with Gasteiger partial charge in [-0.05, 0) is 122 Å². The van der Waals surface area contributed by atoms with Gasteiger partial charge in [-0.15, -0.1) is 10.2 Å². The van der Waals surface area contributed by atoms with Crippen molar-refractivity contribution in [1.82, 2.24) is 19.7 Å². The smallest absolute Gasteiger partial charge is 0.266 e. The first-order valence-electron chi connectivity index (χ1n) is 18.4. The number of aromatic nitrogens is 4. The Labute approximate surface area is 337 Å². The van der Waals surface area contributed by atoms with Crippen molar-refractivity contribution in [2.24, 2.45) is 0 Å². The number of amides is 4. The van der Waals surface area contributed by atoms with Gasteiger partial charge in [0.25, 0.3) is 17.7 Å². The van der Waals surface area contributed by atoms with E-state index in [1.165, 1.54) is 22.2 Å². The van der Waals surface area contributed by atoms with E-state index in [9.17, 15) is 19.2 Å². The minimum atomic E-state index is -0.413. The Morgan fingerprint density at radius 1 is 0.690 bits per heavy atom. The van der Waals surface area contributed by atoms with Gasteiger partial charge in [0, 0.05) is 40.6 Å². The van der Waals surface area contributed by atoms with Gasteiger partial charge in [-0.2, -0.15) is 0 Å². The molecule has 5 aromatic carbocycles. The lowest BCUT2D eigenvalue weighted by atomic mass is 10.1. The fraction of sp³-hybridized carbons (Fsp3) is 0.0889. The Balaban J connectivity index is 0.857. The molecule has 0 unspecified atom stereocenters. The van der Waals surface area contributed by atoms with E-state index in [0.717, 1.165) is 23.2 Å². The van der Waals surface area contributed by atoms with Gasteiger partial charge in [-0.3, -0.25) is 28.7 Å². The molecule has 12 nitrogen and oxygen atoms in total. The van der Waals surface area contributed by atoms with Crippen molar-refractivity contribution in [1.29, 1.82) is 0 Å². The van der Waals surface area contributed by atoms with Crippen molar-refractivity contribution in [2.75, 3.05) is 21.3 Å². The summed E-state index contributed by atoms with van der Waals surface area (Å²) in [7, 11) is 0. The number of pyridine rings is 1. The van der Waals surface area contributed by atoms with Gasteiger partial charge >= 0.3 is 0 Å². The molecule has 0 atom stereocenters. The summed E-state index contributed by atoms with van der Waals surface area (Å²) < 4.78 is 7.92. The Morgan fingerprint density at radius 2 is 1.33 bits per heavy atom. The molecule has 58 heavy (non-hydrogen) atoms. The fourth-order valence-corrected chi connectivity index (χ4v) is 7.11. The number of benzene rings is 5. The van der Waals surface area contributed by atoms with E-state index < -0.39 is 5.91 Å². The molecule has 8 rings (SSSR count). The quantitative estimate of drug-likeness (QED) is 0.0916. The molecule has 1 aliphatic heterocycles. The molecule has 2 aromatic heterocycles. The zero-order valence-corrected chi connectivity index (χ0v) is 32.2. The number of nitrogens with one attached hydrogen (secondary N) is 2. The summed E-state index contributed by atoms with van der Waals surface area (Å²) in [5, 5.41) is 15.2. The first-order valence-corrected chi connectivity index (χ1v) is 19.4. The molecule has 286 valence electrons. The van der Waals surface area contributed by atoms with E-state index in [1.54, 1.807) is 91.3 Å². The van der Waals surface area contributed by atoms with Crippen LogP contribution in [0.4, 0.5) is 17.1 Å². The van der Waals surface area contributed by atoms with E-state index in [1.807, 2.05) is 47.9 Å². The van der Waals surface area contributed by atoms with Gasteiger partial charge in [-0.1, -0.05) is 48.5 Å². The van der Waals surface area contributed by atoms with Crippen molar-refractivity contribution in [2.45, 2.75) is 25.4 Å². The zero-order chi connectivity index (χ0) is 40.2. The van der Waals surface area contributed by atoms with Crippen LogP contribution in [0.1, 0.15) is 49.1 Å². The van der Waals surface area contributed by atoms with E-state index >= 15 is 0 Å². The zero-order valence-electron chi connectivity index (χ0n) is 31.4. The maximum atomic E-state index is 13.2. The lowest BCUT2D eigenvalue weighted by Gasteiger charge is -2.13. The van der Waals surface area contributed by atoms with Crippen LogP contribution in [0.15, 0.2) is 145 Å². The maximum absolute atomic E-state index is 13.2. The van der Waals surface area contributed by atoms with Crippen molar-refractivity contribution in [3.63, 3.8) is 0 Å². The SMILES string of the molecule is CCc1ccc(-n2c(SCC(=O)Nc3ccc(C(=O)Nc4ccc(Oc5ccc6c(c5)C(=O)N(c5ccc(C)cc5)C6=O)cc4)cc3)nnc2-c2ccncc2)cc1. The normalized spacial score (nSPS) is 12.0. The number of anilines is 3. The summed E-state index contributed by atoms with van der Waals surface area (Å²) in [5.41, 5.74) is 6.53. The Morgan fingerprint density at radius 3 is 2.03 bits per heavy atom. The number of aryl methyl sites for hydroxylation is 2. The van der Waals surface area contributed by atoms with E-state index in [0.29, 0.717) is 50.7 Å². The average molecular weight is 786 g/mol. The number of carbonyl (C=O) groups is 4. The molecule has 0 radical (unpaired) electrons. The van der Waals surface area contributed by atoms with Crippen LogP contribution >= 0.6 is 11.8 Å². The van der Waals surface area contributed by atoms with Gasteiger partial charge < -0.3 is 15.4 Å². The van der Waals surface area contributed by atoms with E-state index in [-0.39, 0.29) is 29.0 Å². The second-order valence-electron chi connectivity index (χ2n) is 13.4. The second-order valence-corrected chi connectivity index (χ2v) is 14.3. The van der Waals surface area contributed by atoms with E-state index in [4.69, 9.17) is 4.74 Å². The largest absolute Gasteiger partial charge is 0.457 e. The maximum Gasteiger partial charge on any atom is 0.266 e. The molecule has 2 N–H and O–H groups in total. The molecule has 4 amide bonds. The van der Waals surface area contributed by atoms with Crippen molar-refractivity contribution >= 4 is 52.5 Å². The van der Waals surface area contributed by atoms with Crippen LogP contribution in [0.2, 0.25) is 0 Å². The first kappa shape index (κ1) is 37.5. The van der Waals surface area contributed by atoms with Crippen molar-refractivity contribution in [3.8, 4) is 28.6 Å². The van der Waals surface area contributed by atoms with Gasteiger partial charge in [0.1, 0.15) is 11.5 Å². The fourth-order valence-electron chi connectivity index (χ4n) is 6.35. The molecule has 0 saturated carbocycles. The molecule has 0 bridgehead atoms. The number of rotatable bonds is 12. The molecule has 0 aliphatic carbocycles. The Hall–Kier alpha value is -7.38. The first-order chi connectivity index (χ1) is 28.2. The summed E-state index contributed by atoms with van der Waals surface area (Å²) in [5.74, 6) is 0.228. The Bertz CT molecular complexity index is 2650. The molecule has 0 fully saturated rings. The lowest BCUT2D eigenvalue weighted by molar-refractivity contribution is -0.113. The van der Waals surface area contributed by atoms with Crippen LogP contribution in [0.5, 0.6) is 11.5 Å². The van der Waals surface area contributed by atoms with Gasteiger partial charge in [0.2, 0.25) is 5.91 Å². The van der Waals surface area contributed by atoms with Gasteiger partial charge in [0.15, 0.2) is 11.0 Å². The standard InChI is InChI=1S/C45H35N7O5S/c1-3-29-6-16-34(17-7-29)51-41(30-22-24-46-25-23-30)49-50-45(51)58-27-40(53)47-32-10-8-31(9-11-32)42(54)48-33-12-18-36(19-13-33)57-37-20-21-38-39(26-37)44(56)52(43(38)55)35-14-4-28(2)5-15-35/h4-26H,3,27H2,1-2H3,(H,47,53)(H,48,54). The lowest BCUT2D eigenvalue weighted by Crippen LogP contribution is -2.29. The molecule has 0 saturated heterocycles. The third kappa shape index (κ3) is 7.97. The molecule has 13 heteroatoms. The number of nitrogens with zero attached hydrogens (tertiary/aromatic N) is 5. The van der Waals surface area contributed by atoms with Crippen LogP contribution in [-0.4, -0.2) is 49.1 Å². The van der Waals surface area contributed by atoms with Gasteiger partial charge in [-0.25, -0.2) is 4.90 Å². The van der Waals surface area contributed by atoms with Crippen LogP contribution in [0.3, 0.4) is 0 Å². The molecule has 0 spiro atoms. The topological polar surface area (TPSA) is 148 Å². The summed E-state index contributed by atoms with van der Waals surface area (Å²) in [6, 6.07) is 37.3. The van der Waals surface area contributed by atoms with Crippen LogP contribution in [0, 0.1) is 6.92 Å². The predicted molar refractivity (Wildman–Crippen MR) is 223 cm³/mol. The van der Waals surface area contributed by atoms with Crippen LogP contribution in [-0.2, 0) is 11.2 Å². The molecule has 7 aromatic rings. The predicted octanol–water partition coefficient (Wildman–Crippen LogP) is 8.78. The highest BCUT2D eigenvalue weighted by Gasteiger charge is 2.37. The third-order valence-electron chi connectivity index (χ3n) is 9.44. The number of ether oxygens (including phenoxy) is 1. The third-order valence-corrected chi connectivity index (χ3v) is 10.4. The number of carbonyl (C=O) groups excluding carboxylic acids is 4. The van der Waals surface area contributed by atoms with Crippen LogP contribution < -0.4 is 20.3 Å². The minimum Gasteiger partial charge on any atom is -0.457 e. The van der Waals surface area contributed by atoms with Crippen LogP contribution in [0.25, 0.3) is 17.1 Å². The number of hydrogen-bond acceptors (Lipinski definition) is 9. The molecular formula is C45H35N7O5S. The summed E-state index contributed by atoms with van der Waals surface area (Å²) in [4.78, 5) is 57.6. The highest BCUT2D eigenvalue weighted by Crippen LogP contribution is 2.33. The number of hydrogen-bond donors (Lipinski definition) is 2. The second kappa shape index (κ2) is 16.4. The summed E-state index contributed by atoms with van der Waals surface area (Å²) in [6.07, 6.45) is 4.32. The molecule has 3 heterocycles. The number of thioether (sulfide) groups is 1. The van der Waals surface area contributed by atoms with E-state index in [2.05, 4.69) is 44.9 Å². The highest BCUT2D eigenvalue weighted by atomic mass is 32.2. The summed E-state index contributed by atoms with van der Waals surface area (Å²) >= 11 is 1.27. The average Bonchev–Trinajstić information content (AvgIpc) is 3.79. The number of fused-ring (bicyclic) bond motifs is 1. The van der Waals surface area contributed by atoms with Crippen molar-refractivity contribution < 1.29 is 23.9 Å². The highest BCUT2D eigenvalue weighted by molar-refractivity contribution is 7.99. The molecular weight excluding hydrogens is 751 g/mol. The number of imide groups is 1. The minimum absolute atomic E-state index is 0.0837. The monoisotopic (exact) mass is 785 g/mol. The van der Waals surface area contributed by atoms with Gasteiger partial charge in [0.05, 0.1) is 22.6 Å². The van der Waals surface area contributed by atoms with Crippen molar-refractivity contribution in [3.05, 3.63) is 168 Å².